The van der Waals surface area contributed by atoms with Crippen molar-refractivity contribution in [2.75, 3.05) is 13.1 Å². The molecule has 0 saturated heterocycles. The highest BCUT2D eigenvalue weighted by Crippen LogP contribution is 2.12. The lowest BCUT2D eigenvalue weighted by Gasteiger charge is -2.17. The molecular weight excluding hydrogens is 252 g/mol. The summed E-state index contributed by atoms with van der Waals surface area (Å²) in [6.45, 7) is 10.4. The van der Waals surface area contributed by atoms with Gasteiger partial charge in [-0.05, 0) is 37.1 Å². The Balaban J connectivity index is 2.41. The van der Waals surface area contributed by atoms with Gasteiger partial charge in [-0.25, -0.2) is 0 Å². The lowest BCUT2D eigenvalue weighted by molar-refractivity contribution is -0.128. The number of carbonyl (C=O) groups excluding carboxylic acids is 2. The Hall–Kier alpha value is -1.84. The molecule has 1 rings (SSSR count). The summed E-state index contributed by atoms with van der Waals surface area (Å²) in [5.41, 5.74) is 2.51. The van der Waals surface area contributed by atoms with Crippen molar-refractivity contribution in [1.82, 2.24) is 10.6 Å². The van der Waals surface area contributed by atoms with Crippen molar-refractivity contribution in [3.8, 4) is 0 Å². The summed E-state index contributed by atoms with van der Waals surface area (Å²) in [5, 5.41) is 5.60. The van der Waals surface area contributed by atoms with Gasteiger partial charge in [-0.1, -0.05) is 26.8 Å². The Bertz CT molecular complexity index is 502. The number of rotatable bonds is 4. The van der Waals surface area contributed by atoms with E-state index >= 15 is 0 Å². The maximum atomic E-state index is 11.9. The molecule has 0 aliphatic rings. The van der Waals surface area contributed by atoms with E-state index in [1.165, 1.54) is 5.56 Å². The zero-order valence-electron chi connectivity index (χ0n) is 13.0. The topological polar surface area (TPSA) is 58.2 Å². The molecule has 0 saturated carbocycles. The molecule has 0 fully saturated rings. The van der Waals surface area contributed by atoms with Crippen molar-refractivity contribution in [1.29, 1.82) is 0 Å². The van der Waals surface area contributed by atoms with Crippen molar-refractivity contribution in [3.05, 3.63) is 34.9 Å². The Morgan fingerprint density at radius 1 is 1.00 bits per heavy atom. The number of aryl methyl sites for hydroxylation is 2. The van der Waals surface area contributed by atoms with E-state index in [4.69, 9.17) is 0 Å². The van der Waals surface area contributed by atoms with Gasteiger partial charge >= 0.3 is 0 Å². The molecule has 1 aromatic carbocycles. The van der Waals surface area contributed by atoms with Crippen LogP contribution in [-0.2, 0) is 4.79 Å². The molecule has 0 aliphatic carbocycles. The molecule has 0 spiro atoms. The highest BCUT2D eigenvalue weighted by Gasteiger charge is 2.20. The van der Waals surface area contributed by atoms with Crippen LogP contribution in [0.2, 0.25) is 0 Å². The van der Waals surface area contributed by atoms with Crippen LogP contribution < -0.4 is 10.6 Å². The van der Waals surface area contributed by atoms with Gasteiger partial charge in [0.1, 0.15) is 0 Å². The minimum absolute atomic E-state index is 0.0158. The van der Waals surface area contributed by atoms with Crippen molar-refractivity contribution in [3.63, 3.8) is 0 Å². The molecule has 4 nitrogen and oxygen atoms in total. The normalized spacial score (nSPS) is 11.1. The van der Waals surface area contributed by atoms with Gasteiger partial charge in [0.2, 0.25) is 5.91 Å². The molecule has 0 heterocycles. The first kappa shape index (κ1) is 16.2. The standard InChI is InChI=1S/C16H24N2O2/c1-11-6-7-13(10-12(11)2)14(19)17-8-9-18-15(20)16(3,4)5/h6-7,10H,8-9H2,1-5H3,(H,17,19)(H,18,20). The van der Waals surface area contributed by atoms with E-state index in [0.717, 1.165) is 5.56 Å². The Kier molecular flexibility index (Phi) is 5.31. The van der Waals surface area contributed by atoms with Crippen LogP contribution in [0.5, 0.6) is 0 Å². The number of amides is 2. The molecule has 0 unspecified atom stereocenters. The van der Waals surface area contributed by atoms with E-state index in [2.05, 4.69) is 10.6 Å². The van der Waals surface area contributed by atoms with Crippen molar-refractivity contribution in [2.45, 2.75) is 34.6 Å². The average molecular weight is 276 g/mol. The molecule has 20 heavy (non-hydrogen) atoms. The van der Waals surface area contributed by atoms with Gasteiger partial charge in [-0.3, -0.25) is 9.59 Å². The summed E-state index contributed by atoms with van der Waals surface area (Å²) in [7, 11) is 0. The van der Waals surface area contributed by atoms with Gasteiger partial charge < -0.3 is 10.6 Å². The van der Waals surface area contributed by atoms with Crippen LogP contribution in [-0.4, -0.2) is 24.9 Å². The first-order valence-electron chi connectivity index (χ1n) is 6.85. The van der Waals surface area contributed by atoms with E-state index in [-0.39, 0.29) is 11.8 Å². The molecule has 0 bridgehead atoms. The van der Waals surface area contributed by atoms with Gasteiger partial charge in [-0.15, -0.1) is 0 Å². The third kappa shape index (κ3) is 4.68. The van der Waals surface area contributed by atoms with Crippen LogP contribution in [0.15, 0.2) is 18.2 Å². The molecule has 1 aromatic rings. The second-order valence-corrected chi connectivity index (χ2v) is 6.06. The third-order valence-electron chi connectivity index (χ3n) is 3.15. The van der Waals surface area contributed by atoms with Crippen molar-refractivity contribution < 1.29 is 9.59 Å². The van der Waals surface area contributed by atoms with Crippen LogP contribution in [0, 0.1) is 19.3 Å². The minimum Gasteiger partial charge on any atom is -0.354 e. The number of nitrogens with one attached hydrogen (secondary N) is 2. The maximum absolute atomic E-state index is 11.9. The van der Waals surface area contributed by atoms with Crippen LogP contribution in [0.3, 0.4) is 0 Å². The Morgan fingerprint density at radius 2 is 1.60 bits per heavy atom. The largest absolute Gasteiger partial charge is 0.354 e. The molecule has 2 amide bonds. The van der Waals surface area contributed by atoms with Gasteiger partial charge in [-0.2, -0.15) is 0 Å². The van der Waals surface area contributed by atoms with Crippen LogP contribution >= 0.6 is 0 Å². The highest BCUT2D eigenvalue weighted by atomic mass is 16.2. The molecule has 110 valence electrons. The Morgan fingerprint density at radius 3 is 2.15 bits per heavy atom. The van der Waals surface area contributed by atoms with E-state index in [1.54, 1.807) is 0 Å². The zero-order chi connectivity index (χ0) is 15.3. The van der Waals surface area contributed by atoms with E-state index in [9.17, 15) is 9.59 Å². The zero-order valence-corrected chi connectivity index (χ0v) is 13.0. The fourth-order valence-electron chi connectivity index (χ4n) is 1.60. The Labute approximate surface area is 121 Å². The summed E-state index contributed by atoms with van der Waals surface area (Å²) in [6, 6.07) is 5.62. The lowest BCUT2D eigenvalue weighted by atomic mass is 9.96. The van der Waals surface area contributed by atoms with E-state index in [1.807, 2.05) is 52.8 Å². The molecule has 4 heteroatoms. The van der Waals surface area contributed by atoms with Gasteiger partial charge in [0, 0.05) is 24.1 Å². The predicted octanol–water partition coefficient (Wildman–Crippen LogP) is 2.20. The fraction of sp³-hybridized carbons (Fsp3) is 0.500. The summed E-state index contributed by atoms with van der Waals surface area (Å²) in [4.78, 5) is 23.6. The third-order valence-corrected chi connectivity index (χ3v) is 3.15. The number of hydrogen-bond acceptors (Lipinski definition) is 2. The van der Waals surface area contributed by atoms with Gasteiger partial charge in [0.25, 0.3) is 5.91 Å². The molecule has 0 aliphatic heterocycles. The lowest BCUT2D eigenvalue weighted by Crippen LogP contribution is -2.39. The van der Waals surface area contributed by atoms with Gasteiger partial charge in [0.15, 0.2) is 0 Å². The van der Waals surface area contributed by atoms with Crippen molar-refractivity contribution in [2.24, 2.45) is 5.41 Å². The monoisotopic (exact) mass is 276 g/mol. The summed E-state index contributed by atoms with van der Waals surface area (Å²) < 4.78 is 0. The fourth-order valence-corrected chi connectivity index (χ4v) is 1.60. The average Bonchev–Trinajstić information content (AvgIpc) is 2.36. The van der Waals surface area contributed by atoms with Crippen LogP contribution in [0.25, 0.3) is 0 Å². The molecule has 0 atom stereocenters. The van der Waals surface area contributed by atoms with Crippen LogP contribution in [0.1, 0.15) is 42.3 Å². The molecule has 2 N–H and O–H groups in total. The second kappa shape index (κ2) is 6.55. The molecule has 0 aromatic heterocycles. The quantitative estimate of drug-likeness (QED) is 0.828. The van der Waals surface area contributed by atoms with Gasteiger partial charge in [0.05, 0.1) is 0 Å². The van der Waals surface area contributed by atoms with E-state index < -0.39 is 5.41 Å². The minimum atomic E-state index is -0.405. The first-order chi connectivity index (χ1) is 9.21. The number of carbonyl (C=O) groups is 2. The summed E-state index contributed by atoms with van der Waals surface area (Å²) in [6.07, 6.45) is 0. The smallest absolute Gasteiger partial charge is 0.251 e. The van der Waals surface area contributed by atoms with E-state index in [0.29, 0.717) is 18.7 Å². The molecule has 0 radical (unpaired) electrons. The predicted molar refractivity (Wildman–Crippen MR) is 80.7 cm³/mol. The molecular formula is C16H24N2O2. The summed E-state index contributed by atoms with van der Waals surface area (Å²) >= 11 is 0. The van der Waals surface area contributed by atoms with Crippen molar-refractivity contribution >= 4 is 11.8 Å². The first-order valence-corrected chi connectivity index (χ1v) is 6.85. The second-order valence-electron chi connectivity index (χ2n) is 6.06. The maximum Gasteiger partial charge on any atom is 0.251 e. The highest BCUT2D eigenvalue weighted by molar-refractivity contribution is 5.94. The summed E-state index contributed by atoms with van der Waals surface area (Å²) in [5.74, 6) is -0.129. The number of hydrogen-bond donors (Lipinski definition) is 2. The SMILES string of the molecule is Cc1ccc(C(=O)NCCNC(=O)C(C)(C)C)cc1C. The number of benzene rings is 1. The van der Waals surface area contributed by atoms with Crippen LogP contribution in [0.4, 0.5) is 0 Å².